The molecule has 5 aromatic rings. The standard InChI is InChI=1S/C50H43ClN2O9/c1-59-35-19-22-40(60-2)29(23-35)16-13-28-14-17-32(18-15-28)52-46(55)37-21-20-36-38(43(37)48(52)57)27-39-47(56)53(33-12-8-11-31(51)24-33)49(58)50(39,30-9-6-5-7-10-30)45(36)44-41(61-3)25-34(54)26-42(44)62-4/h5-20,22-26,37-39,43,45,54H,21,27H2,1-4H3/t37-,38+,39-,43-,45+,50+/m0/s1. The lowest BCUT2D eigenvalue weighted by Gasteiger charge is -2.51. The van der Waals surface area contributed by atoms with Crippen molar-refractivity contribution < 1.29 is 43.2 Å². The molecule has 2 heterocycles. The van der Waals surface area contributed by atoms with Crippen LogP contribution in [0.25, 0.3) is 12.2 Å². The first-order valence-electron chi connectivity index (χ1n) is 20.3. The first kappa shape index (κ1) is 40.6. The van der Waals surface area contributed by atoms with Gasteiger partial charge < -0.3 is 24.1 Å². The van der Waals surface area contributed by atoms with E-state index < -0.39 is 46.8 Å². The van der Waals surface area contributed by atoms with E-state index in [4.69, 9.17) is 30.5 Å². The number of hydrogen-bond donors (Lipinski definition) is 1. The minimum Gasteiger partial charge on any atom is -0.508 e. The quantitative estimate of drug-likeness (QED) is 0.0834. The molecule has 0 radical (unpaired) electrons. The second-order valence-corrected chi connectivity index (χ2v) is 16.3. The maximum absolute atomic E-state index is 15.7. The van der Waals surface area contributed by atoms with Crippen LogP contribution >= 0.6 is 11.6 Å². The number of ether oxygens (including phenoxy) is 4. The van der Waals surface area contributed by atoms with E-state index in [1.165, 1.54) is 36.2 Å². The number of aromatic hydroxyl groups is 1. The topological polar surface area (TPSA) is 132 Å². The zero-order valence-electron chi connectivity index (χ0n) is 34.4. The van der Waals surface area contributed by atoms with Crippen molar-refractivity contribution in [3.05, 3.63) is 148 Å². The SMILES string of the molecule is COc1ccc(OC)c(C=Cc2ccc(N3C(=O)[C@H]4[C@H](CC=C5[C@H]4C[C@H]4C(=O)N(c6cccc(Cl)c6)C(=O)[C@@]4(c4ccccc4)[C@H]5c4c(OC)cc(O)cc4OC)C3=O)cc2)c1. The van der Waals surface area contributed by atoms with Crippen molar-refractivity contribution in [3.8, 4) is 28.7 Å². The van der Waals surface area contributed by atoms with Crippen molar-refractivity contribution in [3.63, 3.8) is 0 Å². The van der Waals surface area contributed by atoms with Crippen LogP contribution in [-0.2, 0) is 24.6 Å². The number of amides is 4. The number of phenols is 1. The second kappa shape index (κ2) is 15.9. The summed E-state index contributed by atoms with van der Waals surface area (Å²) in [4.78, 5) is 62.7. The van der Waals surface area contributed by atoms with Crippen LogP contribution < -0.4 is 28.7 Å². The van der Waals surface area contributed by atoms with E-state index in [1.807, 2.05) is 78.9 Å². The summed E-state index contributed by atoms with van der Waals surface area (Å²) in [5.74, 6) is -4.04. The van der Waals surface area contributed by atoms with Gasteiger partial charge in [0.05, 0.1) is 63.0 Å². The van der Waals surface area contributed by atoms with Gasteiger partial charge in [0, 0.05) is 34.2 Å². The lowest BCUT2D eigenvalue weighted by molar-refractivity contribution is -0.127. The molecule has 2 saturated heterocycles. The lowest BCUT2D eigenvalue weighted by Crippen LogP contribution is -2.53. The van der Waals surface area contributed by atoms with Gasteiger partial charge in [0.2, 0.25) is 23.6 Å². The number of anilines is 2. The van der Waals surface area contributed by atoms with Gasteiger partial charge in [-0.2, -0.15) is 0 Å². The third-order valence-electron chi connectivity index (χ3n) is 13.0. The average Bonchev–Trinajstić information content (AvgIpc) is 3.68. The largest absolute Gasteiger partial charge is 0.508 e. The Balaban J connectivity index is 1.16. The van der Waals surface area contributed by atoms with Crippen molar-refractivity contribution in [1.29, 1.82) is 0 Å². The molecule has 314 valence electrons. The molecule has 0 bridgehead atoms. The van der Waals surface area contributed by atoms with Gasteiger partial charge >= 0.3 is 0 Å². The summed E-state index contributed by atoms with van der Waals surface area (Å²) >= 11 is 6.47. The number of carbonyl (C=O) groups is 4. The molecule has 4 aliphatic rings. The Morgan fingerprint density at radius 2 is 1.39 bits per heavy atom. The zero-order valence-corrected chi connectivity index (χ0v) is 35.2. The third-order valence-corrected chi connectivity index (χ3v) is 13.3. The number of allylic oxidation sites excluding steroid dienone is 2. The van der Waals surface area contributed by atoms with E-state index in [0.29, 0.717) is 39.0 Å². The summed E-state index contributed by atoms with van der Waals surface area (Å²) < 4.78 is 22.8. The highest BCUT2D eigenvalue weighted by Gasteiger charge is 2.71. The van der Waals surface area contributed by atoms with E-state index in [9.17, 15) is 14.7 Å². The van der Waals surface area contributed by atoms with Crippen LogP contribution in [0.15, 0.2) is 121 Å². The Bertz CT molecular complexity index is 2670. The fourth-order valence-electron chi connectivity index (χ4n) is 10.4. The molecule has 4 amide bonds. The summed E-state index contributed by atoms with van der Waals surface area (Å²) in [6.07, 6.45) is 6.10. The van der Waals surface area contributed by atoms with E-state index in [1.54, 1.807) is 50.6 Å². The van der Waals surface area contributed by atoms with Gasteiger partial charge in [-0.25, -0.2) is 4.90 Å². The molecular formula is C50H43ClN2O9. The summed E-state index contributed by atoms with van der Waals surface area (Å²) in [6, 6.07) is 31.4. The van der Waals surface area contributed by atoms with Crippen molar-refractivity contribution >= 4 is 58.8 Å². The van der Waals surface area contributed by atoms with Gasteiger partial charge in [-0.1, -0.05) is 83.9 Å². The van der Waals surface area contributed by atoms with Gasteiger partial charge in [-0.15, -0.1) is 0 Å². The monoisotopic (exact) mass is 850 g/mol. The van der Waals surface area contributed by atoms with E-state index >= 15 is 9.59 Å². The summed E-state index contributed by atoms with van der Waals surface area (Å²) in [7, 11) is 6.12. The Hall–Kier alpha value is -6.85. The van der Waals surface area contributed by atoms with Crippen molar-refractivity contribution in [2.75, 3.05) is 38.2 Å². The van der Waals surface area contributed by atoms with Gasteiger partial charge in [0.15, 0.2) is 0 Å². The summed E-state index contributed by atoms with van der Waals surface area (Å²) in [5.41, 5.74) is 2.57. The molecule has 1 saturated carbocycles. The second-order valence-electron chi connectivity index (χ2n) is 15.9. The number of methoxy groups -OCH3 is 4. The lowest BCUT2D eigenvalue weighted by atomic mass is 9.49. The number of hydrogen-bond acceptors (Lipinski definition) is 9. The molecule has 5 aromatic carbocycles. The van der Waals surface area contributed by atoms with Crippen LogP contribution in [0, 0.1) is 23.7 Å². The number of nitrogens with zero attached hydrogens (tertiary/aromatic N) is 2. The van der Waals surface area contributed by atoms with Crippen LogP contribution in [-0.4, -0.2) is 57.2 Å². The molecule has 3 fully saturated rings. The average molecular weight is 851 g/mol. The van der Waals surface area contributed by atoms with Crippen LogP contribution in [0.5, 0.6) is 28.7 Å². The van der Waals surface area contributed by atoms with Gasteiger partial charge in [0.1, 0.15) is 28.7 Å². The maximum atomic E-state index is 15.7. The Morgan fingerprint density at radius 1 is 0.677 bits per heavy atom. The minimum atomic E-state index is -1.57. The molecule has 0 aromatic heterocycles. The zero-order chi connectivity index (χ0) is 43.4. The molecular weight excluding hydrogens is 808 g/mol. The first-order chi connectivity index (χ1) is 30.0. The molecule has 11 nitrogen and oxygen atoms in total. The van der Waals surface area contributed by atoms with Gasteiger partial charge in [0.25, 0.3) is 0 Å². The highest BCUT2D eigenvalue weighted by atomic mass is 35.5. The molecule has 12 heteroatoms. The number of halogens is 1. The predicted octanol–water partition coefficient (Wildman–Crippen LogP) is 8.62. The minimum absolute atomic E-state index is 0.104. The van der Waals surface area contributed by atoms with Crippen LogP contribution in [0.3, 0.4) is 0 Å². The molecule has 1 N–H and O–H groups in total. The number of carbonyl (C=O) groups excluding carboxylic acids is 4. The molecule has 6 atom stereocenters. The Kier molecular flexibility index (Phi) is 10.4. The van der Waals surface area contributed by atoms with Crippen molar-refractivity contribution in [2.45, 2.75) is 24.2 Å². The Labute approximate surface area is 363 Å². The number of fused-ring (bicyclic) bond motifs is 4. The predicted molar refractivity (Wildman–Crippen MR) is 235 cm³/mol. The van der Waals surface area contributed by atoms with Crippen LogP contribution in [0.4, 0.5) is 11.4 Å². The van der Waals surface area contributed by atoms with E-state index in [0.717, 1.165) is 16.7 Å². The smallest absolute Gasteiger partial charge is 0.246 e. The highest BCUT2D eigenvalue weighted by molar-refractivity contribution is 6.32. The van der Waals surface area contributed by atoms with Crippen LogP contribution in [0.1, 0.15) is 41.0 Å². The molecule has 0 unspecified atom stereocenters. The van der Waals surface area contributed by atoms with Gasteiger partial charge in [-0.05, 0) is 78.4 Å². The van der Waals surface area contributed by atoms with Gasteiger partial charge in [-0.3, -0.25) is 24.1 Å². The number of benzene rings is 5. The summed E-state index contributed by atoms with van der Waals surface area (Å²) in [6.45, 7) is 0. The molecule has 9 rings (SSSR count). The van der Waals surface area contributed by atoms with Crippen molar-refractivity contribution in [2.24, 2.45) is 23.7 Å². The number of phenolic OH excluding ortho intramolecular Hbond substituents is 1. The van der Waals surface area contributed by atoms with Crippen molar-refractivity contribution in [1.82, 2.24) is 0 Å². The number of rotatable bonds is 10. The van der Waals surface area contributed by atoms with E-state index in [-0.39, 0.29) is 41.9 Å². The Morgan fingerprint density at radius 3 is 2.05 bits per heavy atom. The fourth-order valence-corrected chi connectivity index (χ4v) is 10.6. The molecule has 62 heavy (non-hydrogen) atoms. The number of imide groups is 2. The summed E-state index contributed by atoms with van der Waals surface area (Å²) in [5, 5.41) is 11.2. The highest BCUT2D eigenvalue weighted by Crippen LogP contribution is 2.66. The third kappa shape index (κ3) is 6.24. The maximum Gasteiger partial charge on any atom is 0.246 e. The normalized spacial score (nSPS) is 24.1. The van der Waals surface area contributed by atoms with E-state index in [2.05, 4.69) is 0 Å². The molecule has 2 aliphatic heterocycles. The van der Waals surface area contributed by atoms with Crippen LogP contribution in [0.2, 0.25) is 5.02 Å². The molecule has 2 aliphatic carbocycles. The first-order valence-corrected chi connectivity index (χ1v) is 20.7. The molecule has 0 spiro atoms. The fraction of sp³-hybridized carbons (Fsp3) is 0.240.